The molecule has 4 nitrogen and oxygen atoms in total. The number of rotatable bonds is 4. The van der Waals surface area contributed by atoms with E-state index in [9.17, 15) is 0 Å². The van der Waals surface area contributed by atoms with Crippen LogP contribution in [0.15, 0.2) is 12.3 Å². The first kappa shape index (κ1) is 15.1. The van der Waals surface area contributed by atoms with E-state index in [1.54, 1.807) is 6.20 Å². The molecule has 0 aliphatic carbocycles. The Kier molecular flexibility index (Phi) is 4.38. The maximum Gasteiger partial charge on any atom is 0.160 e. The molecular weight excluding hydrogens is 307 g/mol. The molecule has 1 aliphatic heterocycles. The summed E-state index contributed by atoms with van der Waals surface area (Å²) in [6.45, 7) is 8.53. The number of imidazole rings is 1. The van der Waals surface area contributed by atoms with Gasteiger partial charge in [-0.05, 0) is 38.4 Å². The summed E-state index contributed by atoms with van der Waals surface area (Å²) in [5.41, 5.74) is 1.71. The molecule has 0 aromatic carbocycles. The maximum atomic E-state index is 6.31. The third-order valence-electron chi connectivity index (χ3n) is 4.19. The number of alkyl halides is 1. The Balaban J connectivity index is 1.94. The average Bonchev–Trinajstić information content (AvgIpc) is 3.04. The zero-order valence-corrected chi connectivity index (χ0v) is 13.9. The Labute approximate surface area is 135 Å². The normalized spacial score (nSPS) is 21.2. The smallest absolute Gasteiger partial charge is 0.160 e. The molecule has 0 N–H and O–H groups in total. The standard InChI is InChI=1S/C15H20Cl2N4/c1-3-20-5-4-11(8-20)9-21-14(10(2)16)19-13-6-12(17)7-18-15(13)21/h6-7,10-11H,3-5,8-9H2,1-2H3. The molecular formula is C15H20Cl2N4. The number of nitrogens with zero attached hydrogens (tertiary/aromatic N) is 4. The van der Waals surface area contributed by atoms with Crippen LogP contribution in [0.25, 0.3) is 11.2 Å². The Morgan fingerprint density at radius 1 is 1.48 bits per heavy atom. The van der Waals surface area contributed by atoms with Gasteiger partial charge in [0.15, 0.2) is 5.65 Å². The first-order chi connectivity index (χ1) is 10.1. The molecule has 1 saturated heterocycles. The highest BCUT2D eigenvalue weighted by Gasteiger charge is 2.24. The largest absolute Gasteiger partial charge is 0.311 e. The first-order valence-electron chi connectivity index (χ1n) is 7.46. The second kappa shape index (κ2) is 6.11. The van der Waals surface area contributed by atoms with Gasteiger partial charge in [0.25, 0.3) is 0 Å². The first-order valence-corrected chi connectivity index (χ1v) is 8.28. The van der Waals surface area contributed by atoms with Gasteiger partial charge >= 0.3 is 0 Å². The van der Waals surface area contributed by atoms with Crippen LogP contribution in [0.1, 0.15) is 31.5 Å². The van der Waals surface area contributed by atoms with Gasteiger partial charge in [-0.15, -0.1) is 11.6 Å². The van der Waals surface area contributed by atoms with Crippen molar-refractivity contribution in [3.8, 4) is 0 Å². The predicted molar refractivity (Wildman–Crippen MR) is 87.0 cm³/mol. The fourth-order valence-corrected chi connectivity index (χ4v) is 3.41. The molecule has 2 atom stereocenters. The molecule has 1 fully saturated rings. The number of fused-ring (bicyclic) bond motifs is 1. The quantitative estimate of drug-likeness (QED) is 0.803. The van der Waals surface area contributed by atoms with E-state index in [1.807, 2.05) is 13.0 Å². The zero-order chi connectivity index (χ0) is 15.0. The molecule has 0 amide bonds. The van der Waals surface area contributed by atoms with Crippen LogP contribution in [-0.2, 0) is 6.54 Å². The molecule has 6 heteroatoms. The second-order valence-corrected chi connectivity index (χ2v) is 6.83. The van der Waals surface area contributed by atoms with E-state index in [4.69, 9.17) is 23.2 Å². The second-order valence-electron chi connectivity index (χ2n) is 5.74. The minimum atomic E-state index is -0.137. The molecule has 114 valence electrons. The number of hydrogen-bond acceptors (Lipinski definition) is 3. The van der Waals surface area contributed by atoms with Crippen molar-refractivity contribution in [2.75, 3.05) is 19.6 Å². The highest BCUT2D eigenvalue weighted by atomic mass is 35.5. The number of halogens is 2. The van der Waals surface area contributed by atoms with Crippen molar-refractivity contribution in [2.24, 2.45) is 5.92 Å². The highest BCUT2D eigenvalue weighted by molar-refractivity contribution is 6.31. The fraction of sp³-hybridized carbons (Fsp3) is 0.600. The summed E-state index contributed by atoms with van der Waals surface area (Å²) >= 11 is 12.3. The number of pyridine rings is 1. The van der Waals surface area contributed by atoms with Crippen LogP contribution in [0.3, 0.4) is 0 Å². The zero-order valence-electron chi connectivity index (χ0n) is 12.4. The summed E-state index contributed by atoms with van der Waals surface area (Å²) in [6, 6.07) is 1.86. The lowest BCUT2D eigenvalue weighted by Gasteiger charge is -2.16. The highest BCUT2D eigenvalue weighted by Crippen LogP contribution is 2.27. The van der Waals surface area contributed by atoms with E-state index in [0.29, 0.717) is 10.9 Å². The molecule has 0 bridgehead atoms. The van der Waals surface area contributed by atoms with Crippen molar-refractivity contribution in [3.63, 3.8) is 0 Å². The van der Waals surface area contributed by atoms with Crippen LogP contribution in [-0.4, -0.2) is 39.1 Å². The Morgan fingerprint density at radius 2 is 2.29 bits per heavy atom. The lowest BCUT2D eigenvalue weighted by atomic mass is 10.1. The van der Waals surface area contributed by atoms with Crippen molar-refractivity contribution >= 4 is 34.4 Å². The van der Waals surface area contributed by atoms with Crippen molar-refractivity contribution < 1.29 is 0 Å². The van der Waals surface area contributed by atoms with Gasteiger partial charge in [-0.2, -0.15) is 0 Å². The number of hydrogen-bond donors (Lipinski definition) is 0. The van der Waals surface area contributed by atoms with Gasteiger partial charge in [-0.25, -0.2) is 9.97 Å². The summed E-state index contributed by atoms with van der Waals surface area (Å²) in [5, 5.41) is 0.473. The topological polar surface area (TPSA) is 34.0 Å². The molecule has 21 heavy (non-hydrogen) atoms. The third kappa shape index (κ3) is 3.03. The summed E-state index contributed by atoms with van der Waals surface area (Å²) in [6.07, 6.45) is 2.90. The van der Waals surface area contributed by atoms with Gasteiger partial charge in [0, 0.05) is 19.3 Å². The van der Waals surface area contributed by atoms with Crippen molar-refractivity contribution in [3.05, 3.63) is 23.1 Å². The van der Waals surface area contributed by atoms with Crippen molar-refractivity contribution in [2.45, 2.75) is 32.2 Å². The Morgan fingerprint density at radius 3 is 2.95 bits per heavy atom. The minimum Gasteiger partial charge on any atom is -0.311 e. The van der Waals surface area contributed by atoms with E-state index in [1.165, 1.54) is 13.0 Å². The SMILES string of the molecule is CCN1CCC(Cn2c(C(C)Cl)nc3cc(Cl)cnc32)C1. The molecule has 1 aliphatic rings. The molecule has 0 radical (unpaired) electrons. The predicted octanol–water partition coefficient (Wildman–Crippen LogP) is 3.73. The van der Waals surface area contributed by atoms with Crippen LogP contribution < -0.4 is 0 Å². The van der Waals surface area contributed by atoms with Crippen molar-refractivity contribution in [1.29, 1.82) is 0 Å². The summed E-state index contributed by atoms with van der Waals surface area (Å²) in [7, 11) is 0. The maximum absolute atomic E-state index is 6.31. The van der Waals surface area contributed by atoms with Crippen LogP contribution in [0.4, 0.5) is 0 Å². The van der Waals surface area contributed by atoms with E-state index < -0.39 is 0 Å². The molecule has 2 aromatic heterocycles. The lowest BCUT2D eigenvalue weighted by molar-refractivity contribution is 0.332. The number of aromatic nitrogens is 3. The van der Waals surface area contributed by atoms with Crippen LogP contribution in [0.5, 0.6) is 0 Å². The summed E-state index contributed by atoms with van der Waals surface area (Å²) < 4.78 is 2.17. The summed E-state index contributed by atoms with van der Waals surface area (Å²) in [4.78, 5) is 11.6. The lowest BCUT2D eigenvalue weighted by Crippen LogP contribution is -2.22. The third-order valence-corrected chi connectivity index (χ3v) is 4.60. The molecule has 0 saturated carbocycles. The van der Waals surface area contributed by atoms with Crippen LogP contribution >= 0.6 is 23.2 Å². The van der Waals surface area contributed by atoms with Crippen LogP contribution in [0.2, 0.25) is 5.02 Å². The van der Waals surface area contributed by atoms with E-state index in [2.05, 4.69) is 26.4 Å². The number of likely N-dealkylation sites (tertiary alicyclic amines) is 1. The fourth-order valence-electron chi connectivity index (χ4n) is 3.09. The van der Waals surface area contributed by atoms with Crippen molar-refractivity contribution in [1.82, 2.24) is 19.4 Å². The molecule has 3 rings (SSSR count). The molecule has 0 spiro atoms. The summed E-state index contributed by atoms with van der Waals surface area (Å²) in [5.74, 6) is 1.52. The van der Waals surface area contributed by atoms with Gasteiger partial charge in [-0.1, -0.05) is 18.5 Å². The van der Waals surface area contributed by atoms with E-state index in [-0.39, 0.29) is 5.38 Å². The molecule has 3 heterocycles. The van der Waals surface area contributed by atoms with Gasteiger partial charge in [0.1, 0.15) is 11.3 Å². The van der Waals surface area contributed by atoms with Gasteiger partial charge in [0.05, 0.1) is 10.4 Å². The Hall–Kier alpha value is -0.840. The van der Waals surface area contributed by atoms with Gasteiger partial charge < -0.3 is 9.47 Å². The monoisotopic (exact) mass is 326 g/mol. The Bertz CT molecular complexity index is 638. The van der Waals surface area contributed by atoms with Gasteiger partial charge in [-0.3, -0.25) is 0 Å². The van der Waals surface area contributed by atoms with Crippen LogP contribution in [0, 0.1) is 5.92 Å². The molecule has 2 unspecified atom stereocenters. The molecule has 2 aromatic rings. The van der Waals surface area contributed by atoms with E-state index >= 15 is 0 Å². The average molecular weight is 327 g/mol. The minimum absolute atomic E-state index is 0.137. The van der Waals surface area contributed by atoms with E-state index in [0.717, 1.165) is 36.6 Å². The van der Waals surface area contributed by atoms with Gasteiger partial charge in [0.2, 0.25) is 0 Å².